The first-order valence-electron chi connectivity index (χ1n) is 18.5. The topological polar surface area (TPSA) is 8.17 Å². The lowest BCUT2D eigenvalue weighted by atomic mass is 9.86. The summed E-state index contributed by atoms with van der Waals surface area (Å²) >= 11 is 0. The smallest absolute Gasteiger partial charge is 0.0629 e. The van der Waals surface area contributed by atoms with E-state index in [1.54, 1.807) is 0 Å². The third kappa shape index (κ3) is 5.71. The average molecular weight is 671 g/mol. The molecule has 2 atom stereocenters. The Morgan fingerprint density at radius 2 is 1.50 bits per heavy atom. The number of aryl methyl sites for hydroxylation is 1. The van der Waals surface area contributed by atoms with Crippen LogP contribution in [0, 0.1) is 6.92 Å². The molecule has 1 aromatic heterocycles. The maximum atomic E-state index is 4.61. The molecular weight excluding hydrogens is 629 g/mol. The lowest BCUT2D eigenvalue weighted by Gasteiger charge is -2.31. The minimum Gasteiger partial charge on any atom is -0.334 e. The largest absolute Gasteiger partial charge is 0.334 e. The first-order valence-corrected chi connectivity index (χ1v) is 18.5. The maximum absolute atomic E-state index is 4.61. The molecule has 0 N–H and O–H groups in total. The second-order valence-corrected chi connectivity index (χ2v) is 14.1. The van der Waals surface area contributed by atoms with E-state index in [1.165, 1.54) is 72.7 Å². The van der Waals surface area contributed by atoms with Crippen LogP contribution in [0.25, 0.3) is 33.8 Å². The molecule has 3 aliphatic carbocycles. The molecule has 0 radical (unpaired) electrons. The minimum atomic E-state index is 0.172. The highest BCUT2D eigenvalue weighted by Gasteiger charge is 2.38. The van der Waals surface area contributed by atoms with Crippen LogP contribution >= 0.6 is 0 Å². The summed E-state index contributed by atoms with van der Waals surface area (Å²) in [6.45, 7) is 6.84. The van der Waals surface area contributed by atoms with Crippen molar-refractivity contribution in [1.82, 2.24) is 4.57 Å². The van der Waals surface area contributed by atoms with Crippen molar-refractivity contribution in [3.63, 3.8) is 0 Å². The third-order valence-electron chi connectivity index (χ3n) is 11.0. The van der Waals surface area contributed by atoms with Gasteiger partial charge in [-0.25, -0.2) is 0 Å². The van der Waals surface area contributed by atoms with E-state index < -0.39 is 0 Å². The van der Waals surface area contributed by atoms with E-state index in [0.29, 0.717) is 0 Å². The van der Waals surface area contributed by atoms with Gasteiger partial charge in [-0.15, -0.1) is 0 Å². The molecular formula is C50H42N2. The predicted molar refractivity (Wildman–Crippen MR) is 222 cm³/mol. The van der Waals surface area contributed by atoms with Gasteiger partial charge in [0.05, 0.1) is 11.6 Å². The first-order chi connectivity index (χ1) is 25.6. The fourth-order valence-electron chi connectivity index (χ4n) is 8.34. The molecule has 5 aromatic rings. The van der Waals surface area contributed by atoms with Crippen molar-refractivity contribution in [2.75, 3.05) is 4.90 Å². The standard InChI is InChI=1S/C50H42N2/c1-35(26-30-47-36(2)44-22-12-14-24-48(44)51(47)42-20-10-5-11-21-42)39-28-31-50-46(34-39)45-23-13-15-25-49(45)52(50)43-29-27-40(37-16-6-3-7-17-37)32-41(33-43)38-18-8-4-9-19-38/h3-4,6-10,12-26,28-34,46,50H,1,5,11,27H2,2H3/b30-26-. The summed E-state index contributed by atoms with van der Waals surface area (Å²) in [6, 6.07) is 39.4. The molecule has 0 amide bonds. The van der Waals surface area contributed by atoms with Crippen molar-refractivity contribution >= 4 is 39.5 Å². The van der Waals surface area contributed by atoms with Gasteiger partial charge in [-0.3, -0.25) is 0 Å². The zero-order chi connectivity index (χ0) is 35.0. The molecule has 9 rings (SSSR count). The number of rotatable bonds is 7. The second-order valence-electron chi connectivity index (χ2n) is 14.1. The molecule has 0 saturated carbocycles. The van der Waals surface area contributed by atoms with Crippen LogP contribution in [0.5, 0.6) is 0 Å². The van der Waals surface area contributed by atoms with Crippen LogP contribution in [-0.2, 0) is 0 Å². The van der Waals surface area contributed by atoms with Crippen molar-refractivity contribution in [3.05, 3.63) is 221 Å². The molecule has 0 saturated heterocycles. The van der Waals surface area contributed by atoms with Crippen LogP contribution < -0.4 is 4.90 Å². The molecule has 1 aliphatic heterocycles. The Morgan fingerprint density at radius 1 is 0.750 bits per heavy atom. The Bertz CT molecular complexity index is 2450. The lowest BCUT2D eigenvalue weighted by Crippen LogP contribution is -2.32. The number of benzene rings is 4. The van der Waals surface area contributed by atoms with Gasteiger partial charge in [0.2, 0.25) is 0 Å². The van der Waals surface area contributed by atoms with Crippen LogP contribution in [0.2, 0.25) is 0 Å². The monoisotopic (exact) mass is 670 g/mol. The van der Waals surface area contributed by atoms with Gasteiger partial charge in [0.1, 0.15) is 0 Å². The summed E-state index contributed by atoms with van der Waals surface area (Å²) in [5, 5.41) is 1.29. The fraction of sp³-hybridized carbons (Fsp3) is 0.120. The quantitative estimate of drug-likeness (QED) is 0.156. The number of para-hydroxylation sites is 2. The molecule has 2 unspecified atom stereocenters. The number of aromatic nitrogens is 1. The molecule has 4 aliphatic rings. The first kappa shape index (κ1) is 31.8. The second kappa shape index (κ2) is 13.5. The lowest BCUT2D eigenvalue weighted by molar-refractivity contribution is 0.724. The van der Waals surface area contributed by atoms with Gasteiger partial charge in [0.25, 0.3) is 0 Å². The average Bonchev–Trinajstić information content (AvgIpc) is 3.57. The molecule has 52 heavy (non-hydrogen) atoms. The fourth-order valence-corrected chi connectivity index (χ4v) is 8.34. The van der Waals surface area contributed by atoms with Gasteiger partial charge >= 0.3 is 0 Å². The van der Waals surface area contributed by atoms with Crippen LogP contribution in [0.3, 0.4) is 0 Å². The SMILES string of the molecule is C=C(/C=C\c1c(C)c2ccccc2n1C1=CCCC=C1)C1=CC2c3ccccc3N(C3=CCC(c4ccccc4)=CC(c4ccccc4)=C3)C2C=C1. The molecule has 4 aromatic carbocycles. The summed E-state index contributed by atoms with van der Waals surface area (Å²) in [5.41, 5.74) is 16.1. The molecule has 2 nitrogen and oxygen atoms in total. The van der Waals surface area contributed by atoms with Crippen molar-refractivity contribution in [3.8, 4) is 0 Å². The van der Waals surface area contributed by atoms with Crippen molar-refractivity contribution in [1.29, 1.82) is 0 Å². The van der Waals surface area contributed by atoms with Crippen LogP contribution in [0.4, 0.5) is 5.69 Å². The van der Waals surface area contributed by atoms with Crippen molar-refractivity contribution in [2.45, 2.75) is 38.1 Å². The number of anilines is 1. The van der Waals surface area contributed by atoms with E-state index >= 15 is 0 Å². The number of allylic oxidation sites excluding steroid dienone is 13. The van der Waals surface area contributed by atoms with Gasteiger partial charge in [0.15, 0.2) is 0 Å². The Labute approximate surface area is 307 Å². The van der Waals surface area contributed by atoms with E-state index in [4.69, 9.17) is 0 Å². The minimum absolute atomic E-state index is 0.172. The van der Waals surface area contributed by atoms with Crippen LogP contribution in [0.1, 0.15) is 53.1 Å². The predicted octanol–water partition coefficient (Wildman–Crippen LogP) is 12.6. The number of hydrogen-bond acceptors (Lipinski definition) is 1. The highest BCUT2D eigenvalue weighted by Crippen LogP contribution is 2.48. The van der Waals surface area contributed by atoms with Gasteiger partial charge in [0, 0.05) is 34.1 Å². The van der Waals surface area contributed by atoms with Gasteiger partial charge in [-0.2, -0.15) is 0 Å². The van der Waals surface area contributed by atoms with Crippen LogP contribution in [-0.4, -0.2) is 10.6 Å². The van der Waals surface area contributed by atoms with E-state index in [1.807, 2.05) is 0 Å². The normalized spacial score (nSPS) is 19.4. The highest BCUT2D eigenvalue weighted by atomic mass is 15.2. The van der Waals surface area contributed by atoms with E-state index in [-0.39, 0.29) is 12.0 Å². The number of nitrogens with zero attached hydrogens (tertiary/aromatic N) is 2. The summed E-state index contributed by atoms with van der Waals surface area (Å²) in [6.07, 6.45) is 28.7. The molecule has 0 spiro atoms. The Morgan fingerprint density at radius 3 is 2.31 bits per heavy atom. The van der Waals surface area contributed by atoms with E-state index in [2.05, 4.69) is 199 Å². The van der Waals surface area contributed by atoms with Gasteiger partial charge < -0.3 is 9.47 Å². The Balaban J connectivity index is 1.06. The molecule has 2 heterocycles. The number of fused-ring (bicyclic) bond motifs is 4. The molecule has 2 heteroatoms. The maximum Gasteiger partial charge on any atom is 0.0629 e. The highest BCUT2D eigenvalue weighted by molar-refractivity contribution is 5.93. The van der Waals surface area contributed by atoms with E-state index in [0.717, 1.165) is 24.8 Å². The zero-order valence-corrected chi connectivity index (χ0v) is 29.6. The molecule has 0 bridgehead atoms. The van der Waals surface area contributed by atoms with Gasteiger partial charge in [-0.05, 0) is 101 Å². The van der Waals surface area contributed by atoms with Gasteiger partial charge in [-0.1, -0.05) is 152 Å². The third-order valence-corrected chi connectivity index (χ3v) is 11.0. The number of hydrogen-bond donors (Lipinski definition) is 0. The molecule has 252 valence electrons. The Hall–Kier alpha value is -6.12. The molecule has 0 fully saturated rings. The Kier molecular flexibility index (Phi) is 8.29. The van der Waals surface area contributed by atoms with E-state index in [9.17, 15) is 0 Å². The summed E-state index contributed by atoms with van der Waals surface area (Å²) < 4.78 is 2.41. The van der Waals surface area contributed by atoms with Crippen molar-refractivity contribution in [2.24, 2.45) is 0 Å². The summed E-state index contributed by atoms with van der Waals surface area (Å²) in [4.78, 5) is 2.56. The summed E-state index contributed by atoms with van der Waals surface area (Å²) in [5.74, 6) is 0.214. The van der Waals surface area contributed by atoms with Crippen LogP contribution in [0.15, 0.2) is 193 Å². The van der Waals surface area contributed by atoms with Crippen molar-refractivity contribution < 1.29 is 0 Å². The summed E-state index contributed by atoms with van der Waals surface area (Å²) in [7, 11) is 0. The zero-order valence-electron chi connectivity index (χ0n) is 29.6.